The smallest absolute Gasteiger partial charge is 0.275 e. The Kier molecular flexibility index (Phi) is 4.25. The molecule has 0 fully saturated rings. The molecule has 0 saturated heterocycles. The van der Waals surface area contributed by atoms with Crippen LogP contribution in [-0.4, -0.2) is 23.1 Å². The Morgan fingerprint density at radius 1 is 1.17 bits per heavy atom. The van der Waals surface area contributed by atoms with Gasteiger partial charge in [0.2, 0.25) is 0 Å². The fraction of sp³-hybridized carbons (Fsp3) is 0.0588. The number of ether oxygens (including phenoxy) is 1. The number of phenols is 1. The summed E-state index contributed by atoms with van der Waals surface area (Å²) in [4.78, 5) is 16.6. The average molecular weight is 326 g/mol. The van der Waals surface area contributed by atoms with Crippen LogP contribution < -0.4 is 10.1 Å². The molecule has 0 bridgehead atoms. The van der Waals surface area contributed by atoms with E-state index >= 15 is 0 Å². The fourth-order valence-corrected chi connectivity index (χ4v) is 2.82. The van der Waals surface area contributed by atoms with Crippen LogP contribution in [0.5, 0.6) is 11.5 Å². The van der Waals surface area contributed by atoms with E-state index in [-0.39, 0.29) is 11.7 Å². The first-order valence-electron chi connectivity index (χ1n) is 6.86. The number of thiazole rings is 1. The van der Waals surface area contributed by atoms with Crippen molar-refractivity contribution in [2.45, 2.75) is 0 Å². The average Bonchev–Trinajstić information content (AvgIpc) is 3.07. The number of nitrogens with zero attached hydrogens (tertiary/aromatic N) is 1. The molecule has 0 unspecified atom stereocenters. The van der Waals surface area contributed by atoms with Gasteiger partial charge in [0.25, 0.3) is 5.91 Å². The van der Waals surface area contributed by atoms with Crippen LogP contribution in [0.15, 0.2) is 53.9 Å². The second-order valence-electron chi connectivity index (χ2n) is 4.74. The number of carbonyl (C=O) groups excluding carboxylic acids is 1. The first kappa shape index (κ1) is 15.1. The number of hydrogen-bond acceptors (Lipinski definition) is 5. The molecule has 23 heavy (non-hydrogen) atoms. The zero-order chi connectivity index (χ0) is 16.2. The number of aromatic hydroxyl groups is 1. The first-order valence-corrected chi connectivity index (χ1v) is 7.74. The molecule has 0 aliphatic carbocycles. The van der Waals surface area contributed by atoms with E-state index in [1.54, 1.807) is 30.7 Å². The topological polar surface area (TPSA) is 71.5 Å². The quantitative estimate of drug-likeness (QED) is 0.716. The highest BCUT2D eigenvalue weighted by Crippen LogP contribution is 2.27. The number of anilines is 1. The van der Waals surface area contributed by atoms with Gasteiger partial charge >= 0.3 is 0 Å². The predicted molar refractivity (Wildman–Crippen MR) is 90.2 cm³/mol. The molecule has 0 saturated carbocycles. The molecule has 1 amide bonds. The summed E-state index contributed by atoms with van der Waals surface area (Å²) in [5.74, 6) is 0.428. The Bertz CT molecular complexity index is 828. The lowest BCUT2D eigenvalue weighted by Gasteiger charge is -2.04. The third-order valence-electron chi connectivity index (χ3n) is 3.23. The summed E-state index contributed by atoms with van der Waals surface area (Å²) in [6, 6.07) is 14.0. The fourth-order valence-electron chi connectivity index (χ4n) is 2.01. The molecule has 1 aromatic heterocycles. The molecule has 0 aliphatic rings. The maximum Gasteiger partial charge on any atom is 0.275 e. The van der Waals surface area contributed by atoms with Crippen LogP contribution in [0.3, 0.4) is 0 Å². The van der Waals surface area contributed by atoms with Crippen molar-refractivity contribution in [1.29, 1.82) is 0 Å². The van der Waals surface area contributed by atoms with Gasteiger partial charge in [-0.1, -0.05) is 12.1 Å². The second-order valence-corrected chi connectivity index (χ2v) is 5.60. The summed E-state index contributed by atoms with van der Waals surface area (Å²) in [6.45, 7) is 0. The maximum atomic E-state index is 12.2. The van der Waals surface area contributed by atoms with Crippen molar-refractivity contribution in [1.82, 2.24) is 4.98 Å². The lowest BCUT2D eigenvalue weighted by atomic mass is 10.2. The predicted octanol–water partition coefficient (Wildman–Crippen LogP) is 3.78. The van der Waals surface area contributed by atoms with Crippen LogP contribution in [-0.2, 0) is 0 Å². The van der Waals surface area contributed by atoms with E-state index < -0.39 is 0 Å². The number of para-hydroxylation sites is 2. The molecule has 1 heterocycles. The van der Waals surface area contributed by atoms with Crippen LogP contribution >= 0.6 is 11.3 Å². The molecular weight excluding hydrogens is 312 g/mol. The van der Waals surface area contributed by atoms with Gasteiger partial charge in [-0.05, 0) is 36.4 Å². The molecule has 0 radical (unpaired) electrons. The van der Waals surface area contributed by atoms with Crippen LogP contribution in [0.4, 0.5) is 5.69 Å². The molecule has 2 N–H and O–H groups in total. The monoisotopic (exact) mass is 326 g/mol. The van der Waals surface area contributed by atoms with Crippen LogP contribution in [0, 0.1) is 0 Å². The number of methoxy groups -OCH3 is 1. The van der Waals surface area contributed by atoms with Crippen molar-refractivity contribution in [2.24, 2.45) is 0 Å². The molecule has 116 valence electrons. The van der Waals surface area contributed by atoms with Crippen molar-refractivity contribution in [2.75, 3.05) is 12.4 Å². The highest BCUT2D eigenvalue weighted by molar-refractivity contribution is 7.13. The molecular formula is C17H14N2O3S. The van der Waals surface area contributed by atoms with Crippen molar-refractivity contribution < 1.29 is 14.6 Å². The van der Waals surface area contributed by atoms with Gasteiger partial charge in [0, 0.05) is 10.9 Å². The number of aromatic nitrogens is 1. The summed E-state index contributed by atoms with van der Waals surface area (Å²) < 4.78 is 5.12. The Labute approximate surface area is 137 Å². The number of benzene rings is 2. The van der Waals surface area contributed by atoms with Gasteiger partial charge in [-0.2, -0.15) is 0 Å². The highest BCUT2D eigenvalue weighted by Gasteiger charge is 2.13. The summed E-state index contributed by atoms with van der Waals surface area (Å²) in [7, 11) is 1.61. The largest absolute Gasteiger partial charge is 0.506 e. The van der Waals surface area contributed by atoms with Gasteiger partial charge < -0.3 is 15.2 Å². The van der Waals surface area contributed by atoms with Gasteiger partial charge in [0.15, 0.2) is 0 Å². The molecule has 6 heteroatoms. The van der Waals surface area contributed by atoms with Crippen molar-refractivity contribution in [3.63, 3.8) is 0 Å². The zero-order valence-electron chi connectivity index (χ0n) is 12.3. The molecule has 2 aromatic carbocycles. The van der Waals surface area contributed by atoms with E-state index in [9.17, 15) is 9.90 Å². The van der Waals surface area contributed by atoms with Crippen LogP contribution in [0.1, 0.15) is 10.5 Å². The third-order valence-corrected chi connectivity index (χ3v) is 4.12. The van der Waals surface area contributed by atoms with E-state index in [4.69, 9.17) is 4.74 Å². The van der Waals surface area contributed by atoms with E-state index in [0.29, 0.717) is 11.4 Å². The lowest BCUT2D eigenvalue weighted by molar-refractivity contribution is 0.102. The minimum Gasteiger partial charge on any atom is -0.506 e. The van der Waals surface area contributed by atoms with Gasteiger partial charge in [0.05, 0.1) is 12.8 Å². The van der Waals surface area contributed by atoms with Gasteiger partial charge in [-0.3, -0.25) is 4.79 Å². The van der Waals surface area contributed by atoms with E-state index in [1.165, 1.54) is 17.4 Å². The van der Waals surface area contributed by atoms with E-state index in [0.717, 1.165) is 16.3 Å². The number of phenolic OH excluding ortho intramolecular Hbond substituents is 1. The van der Waals surface area contributed by atoms with Gasteiger partial charge in [-0.25, -0.2) is 4.98 Å². The number of carbonyl (C=O) groups is 1. The molecule has 3 rings (SSSR count). The minimum atomic E-state index is -0.359. The van der Waals surface area contributed by atoms with Crippen molar-refractivity contribution >= 4 is 22.9 Å². The molecule has 3 aromatic rings. The number of hydrogen-bond donors (Lipinski definition) is 2. The third kappa shape index (κ3) is 3.32. The first-order chi connectivity index (χ1) is 11.2. The van der Waals surface area contributed by atoms with Crippen molar-refractivity contribution in [3.8, 4) is 22.1 Å². The standard InChI is InChI=1S/C17H14N2O3S/c1-22-12-8-6-11(7-9-12)17-19-14(10-23-17)16(21)18-13-4-2-3-5-15(13)20/h2-10,20H,1H3,(H,18,21). The molecule has 0 aliphatic heterocycles. The Balaban J connectivity index is 1.78. The highest BCUT2D eigenvalue weighted by atomic mass is 32.1. The molecule has 0 atom stereocenters. The maximum absolute atomic E-state index is 12.2. The van der Waals surface area contributed by atoms with E-state index in [1.807, 2.05) is 24.3 Å². The van der Waals surface area contributed by atoms with Gasteiger partial charge in [-0.15, -0.1) is 11.3 Å². The summed E-state index contributed by atoms with van der Waals surface area (Å²) in [5.41, 5.74) is 1.58. The Morgan fingerprint density at radius 3 is 2.61 bits per heavy atom. The van der Waals surface area contributed by atoms with Crippen molar-refractivity contribution in [3.05, 3.63) is 59.6 Å². The SMILES string of the molecule is COc1ccc(-c2nc(C(=O)Nc3ccccc3O)cs2)cc1. The Hall–Kier alpha value is -2.86. The summed E-state index contributed by atoms with van der Waals surface area (Å²) in [5, 5.41) is 14.8. The number of rotatable bonds is 4. The summed E-state index contributed by atoms with van der Waals surface area (Å²) in [6.07, 6.45) is 0. The number of nitrogens with one attached hydrogen (secondary N) is 1. The lowest BCUT2D eigenvalue weighted by Crippen LogP contribution is -2.12. The Morgan fingerprint density at radius 2 is 1.91 bits per heavy atom. The molecule has 5 nitrogen and oxygen atoms in total. The zero-order valence-corrected chi connectivity index (χ0v) is 13.1. The van der Waals surface area contributed by atoms with Gasteiger partial charge in [0.1, 0.15) is 22.2 Å². The normalized spacial score (nSPS) is 10.3. The minimum absolute atomic E-state index is 0.0199. The molecule has 0 spiro atoms. The second kappa shape index (κ2) is 6.50. The number of amides is 1. The summed E-state index contributed by atoms with van der Waals surface area (Å²) >= 11 is 1.38. The van der Waals surface area contributed by atoms with Crippen LogP contribution in [0.2, 0.25) is 0 Å². The van der Waals surface area contributed by atoms with Crippen LogP contribution in [0.25, 0.3) is 10.6 Å². The van der Waals surface area contributed by atoms with E-state index in [2.05, 4.69) is 10.3 Å².